The van der Waals surface area contributed by atoms with E-state index in [2.05, 4.69) is 10.6 Å². The Hall–Kier alpha value is -1.46. The largest absolute Gasteiger partial charge is 0.377 e. The molecule has 2 N–H and O–H groups in total. The molecule has 0 radical (unpaired) electrons. The quantitative estimate of drug-likeness (QED) is 0.780. The molecule has 0 aliphatic rings. The minimum atomic E-state index is -0.437. The maximum absolute atomic E-state index is 13.2. The van der Waals surface area contributed by atoms with Gasteiger partial charge in [-0.2, -0.15) is 0 Å². The summed E-state index contributed by atoms with van der Waals surface area (Å²) >= 11 is 0. The van der Waals surface area contributed by atoms with Crippen LogP contribution in [0.5, 0.6) is 0 Å². The van der Waals surface area contributed by atoms with Gasteiger partial charge in [0, 0.05) is 13.2 Å². The molecule has 100 valence electrons. The number of ether oxygens (including phenoxy) is 1. The number of hydrogen-bond acceptors (Lipinski definition) is 3. The van der Waals surface area contributed by atoms with Crippen LogP contribution >= 0.6 is 0 Å². The van der Waals surface area contributed by atoms with E-state index in [1.165, 1.54) is 12.1 Å². The molecule has 1 atom stereocenters. The topological polar surface area (TPSA) is 50.4 Å². The third-order valence-electron chi connectivity index (χ3n) is 2.32. The van der Waals surface area contributed by atoms with Gasteiger partial charge in [0.25, 0.3) is 0 Å². The highest BCUT2D eigenvalue weighted by atomic mass is 19.1. The monoisotopic (exact) mass is 254 g/mol. The fraction of sp³-hybridized carbons (Fsp3) is 0.462. The molecule has 0 spiro atoms. The van der Waals surface area contributed by atoms with Crippen molar-refractivity contribution in [3.8, 4) is 0 Å². The van der Waals surface area contributed by atoms with Crippen LogP contribution in [0.4, 0.5) is 10.1 Å². The van der Waals surface area contributed by atoms with E-state index in [1.807, 2.05) is 13.8 Å². The maximum atomic E-state index is 13.2. The van der Waals surface area contributed by atoms with Crippen LogP contribution in [-0.2, 0) is 9.53 Å². The molecule has 0 aliphatic carbocycles. The number of benzene rings is 1. The molecule has 0 saturated carbocycles. The Balaban J connectivity index is 2.28. The number of rotatable bonds is 7. The zero-order valence-corrected chi connectivity index (χ0v) is 10.7. The van der Waals surface area contributed by atoms with Gasteiger partial charge < -0.3 is 15.4 Å². The number of anilines is 1. The second kappa shape index (κ2) is 7.79. The molecule has 1 unspecified atom stereocenters. The van der Waals surface area contributed by atoms with Crippen LogP contribution in [0.25, 0.3) is 0 Å². The van der Waals surface area contributed by atoms with Crippen LogP contribution < -0.4 is 10.6 Å². The van der Waals surface area contributed by atoms with Gasteiger partial charge in [0.1, 0.15) is 5.82 Å². The van der Waals surface area contributed by atoms with E-state index in [4.69, 9.17) is 4.74 Å². The van der Waals surface area contributed by atoms with E-state index < -0.39 is 5.82 Å². The molecule has 0 bridgehead atoms. The first-order valence-electron chi connectivity index (χ1n) is 6.00. The summed E-state index contributed by atoms with van der Waals surface area (Å²) in [5.41, 5.74) is 0.196. The maximum Gasteiger partial charge on any atom is 0.238 e. The van der Waals surface area contributed by atoms with E-state index in [-0.39, 0.29) is 24.2 Å². The van der Waals surface area contributed by atoms with Crippen molar-refractivity contribution >= 4 is 11.6 Å². The molecule has 0 fully saturated rings. The average molecular weight is 254 g/mol. The SMILES string of the molecule is CCOC(C)CNCC(=O)Nc1ccccc1F. The molecule has 1 rings (SSSR count). The fourth-order valence-electron chi connectivity index (χ4n) is 1.49. The average Bonchev–Trinajstić information content (AvgIpc) is 2.32. The Morgan fingerprint density at radius 1 is 1.44 bits per heavy atom. The van der Waals surface area contributed by atoms with Crippen LogP contribution in [0.2, 0.25) is 0 Å². The van der Waals surface area contributed by atoms with E-state index in [9.17, 15) is 9.18 Å². The van der Waals surface area contributed by atoms with Crippen LogP contribution in [0.15, 0.2) is 24.3 Å². The van der Waals surface area contributed by atoms with Gasteiger partial charge in [0.05, 0.1) is 18.3 Å². The lowest BCUT2D eigenvalue weighted by atomic mass is 10.3. The standard InChI is InChI=1S/C13H19FN2O2/c1-3-18-10(2)8-15-9-13(17)16-12-7-5-4-6-11(12)14/h4-7,10,15H,3,8-9H2,1-2H3,(H,16,17). The molecule has 1 aromatic carbocycles. The summed E-state index contributed by atoms with van der Waals surface area (Å²) < 4.78 is 18.6. The Bertz CT molecular complexity index is 385. The molecule has 18 heavy (non-hydrogen) atoms. The summed E-state index contributed by atoms with van der Waals surface area (Å²) in [4.78, 5) is 11.5. The number of carbonyl (C=O) groups excluding carboxylic acids is 1. The molecule has 1 aromatic rings. The van der Waals surface area contributed by atoms with Crippen molar-refractivity contribution in [3.05, 3.63) is 30.1 Å². The lowest BCUT2D eigenvalue weighted by Gasteiger charge is -2.12. The third-order valence-corrected chi connectivity index (χ3v) is 2.32. The van der Waals surface area contributed by atoms with E-state index in [1.54, 1.807) is 12.1 Å². The molecule has 0 heterocycles. The highest BCUT2D eigenvalue weighted by molar-refractivity contribution is 5.92. The van der Waals surface area contributed by atoms with Crippen LogP contribution in [-0.4, -0.2) is 31.7 Å². The number of carbonyl (C=O) groups is 1. The molecule has 4 nitrogen and oxygen atoms in total. The summed E-state index contributed by atoms with van der Waals surface area (Å²) in [6.45, 7) is 5.20. The minimum Gasteiger partial charge on any atom is -0.377 e. The van der Waals surface area contributed by atoms with Gasteiger partial charge in [-0.05, 0) is 26.0 Å². The Labute approximate surface area is 107 Å². The first-order valence-corrected chi connectivity index (χ1v) is 6.00. The predicted molar refractivity (Wildman–Crippen MR) is 69.0 cm³/mol. The predicted octanol–water partition coefficient (Wildman–Crippen LogP) is 1.78. The minimum absolute atomic E-state index is 0.0521. The molecule has 0 aliphatic heterocycles. The summed E-state index contributed by atoms with van der Waals surface area (Å²) in [5, 5.41) is 5.45. The lowest BCUT2D eigenvalue weighted by molar-refractivity contribution is -0.115. The van der Waals surface area contributed by atoms with Gasteiger partial charge in [-0.1, -0.05) is 12.1 Å². The molecule has 0 saturated heterocycles. The lowest BCUT2D eigenvalue weighted by Crippen LogP contribution is -2.34. The van der Waals surface area contributed by atoms with Gasteiger partial charge in [0.15, 0.2) is 0 Å². The first-order chi connectivity index (χ1) is 8.63. The highest BCUT2D eigenvalue weighted by Crippen LogP contribution is 2.11. The van der Waals surface area contributed by atoms with E-state index >= 15 is 0 Å². The van der Waals surface area contributed by atoms with Gasteiger partial charge in [-0.3, -0.25) is 4.79 Å². The Kier molecular flexibility index (Phi) is 6.32. The Morgan fingerprint density at radius 2 is 2.17 bits per heavy atom. The summed E-state index contributed by atoms with van der Waals surface area (Å²) in [7, 11) is 0. The molecular formula is C13H19FN2O2. The Morgan fingerprint density at radius 3 is 2.83 bits per heavy atom. The number of halogens is 1. The first kappa shape index (κ1) is 14.6. The van der Waals surface area contributed by atoms with Crippen LogP contribution in [0, 0.1) is 5.82 Å². The van der Waals surface area contributed by atoms with Crippen molar-refractivity contribution in [2.45, 2.75) is 20.0 Å². The van der Waals surface area contributed by atoms with Crippen molar-refractivity contribution in [1.82, 2.24) is 5.32 Å². The molecule has 0 aromatic heterocycles. The van der Waals surface area contributed by atoms with Gasteiger partial charge in [0.2, 0.25) is 5.91 Å². The van der Waals surface area contributed by atoms with Crippen molar-refractivity contribution in [2.24, 2.45) is 0 Å². The van der Waals surface area contributed by atoms with Gasteiger partial charge in [-0.25, -0.2) is 4.39 Å². The van der Waals surface area contributed by atoms with E-state index in [0.29, 0.717) is 13.2 Å². The molecular weight excluding hydrogens is 235 g/mol. The van der Waals surface area contributed by atoms with Gasteiger partial charge in [-0.15, -0.1) is 0 Å². The third kappa shape index (κ3) is 5.25. The van der Waals surface area contributed by atoms with Crippen molar-refractivity contribution < 1.29 is 13.9 Å². The van der Waals surface area contributed by atoms with Crippen LogP contribution in [0.3, 0.4) is 0 Å². The zero-order chi connectivity index (χ0) is 13.4. The number of hydrogen-bond donors (Lipinski definition) is 2. The number of nitrogens with one attached hydrogen (secondary N) is 2. The second-order valence-corrected chi connectivity index (χ2v) is 3.92. The summed E-state index contributed by atoms with van der Waals surface area (Å²) in [6, 6.07) is 6.08. The van der Waals surface area contributed by atoms with Crippen molar-refractivity contribution in [1.29, 1.82) is 0 Å². The molecule has 5 heteroatoms. The van der Waals surface area contributed by atoms with Crippen molar-refractivity contribution in [3.63, 3.8) is 0 Å². The number of para-hydroxylation sites is 1. The summed E-state index contributed by atoms with van der Waals surface area (Å²) in [6.07, 6.45) is 0.0521. The fourth-order valence-corrected chi connectivity index (χ4v) is 1.49. The van der Waals surface area contributed by atoms with E-state index in [0.717, 1.165) is 0 Å². The number of amides is 1. The van der Waals surface area contributed by atoms with Gasteiger partial charge >= 0.3 is 0 Å². The van der Waals surface area contributed by atoms with Crippen LogP contribution in [0.1, 0.15) is 13.8 Å². The second-order valence-electron chi connectivity index (χ2n) is 3.92. The molecule has 1 amide bonds. The van der Waals surface area contributed by atoms with Crippen molar-refractivity contribution in [2.75, 3.05) is 25.0 Å². The smallest absolute Gasteiger partial charge is 0.238 e. The normalized spacial score (nSPS) is 12.2. The highest BCUT2D eigenvalue weighted by Gasteiger charge is 2.06. The zero-order valence-electron chi connectivity index (χ0n) is 10.7. The summed E-state index contributed by atoms with van der Waals surface area (Å²) in [5.74, 6) is -0.711.